The van der Waals surface area contributed by atoms with Gasteiger partial charge in [-0.05, 0) is 43.7 Å². The van der Waals surface area contributed by atoms with Crippen molar-refractivity contribution in [1.29, 1.82) is 0 Å². The van der Waals surface area contributed by atoms with Crippen LogP contribution < -0.4 is 10.5 Å². The van der Waals surface area contributed by atoms with E-state index in [1.807, 2.05) is 43.3 Å². The second-order valence-electron chi connectivity index (χ2n) is 4.98. The SMILES string of the molecule is CCOC(=O)[C@@H](N)[C@H](c1ccc(OC)cc1)c1ccc(C)s1. The molecule has 4 nitrogen and oxygen atoms in total. The molecule has 118 valence electrons. The number of hydrogen-bond acceptors (Lipinski definition) is 5. The van der Waals surface area contributed by atoms with E-state index < -0.39 is 6.04 Å². The molecule has 2 aromatic rings. The van der Waals surface area contributed by atoms with Crippen LogP contribution in [0.5, 0.6) is 5.75 Å². The average molecular weight is 319 g/mol. The summed E-state index contributed by atoms with van der Waals surface area (Å²) in [7, 11) is 1.62. The van der Waals surface area contributed by atoms with E-state index in [1.165, 1.54) is 4.88 Å². The topological polar surface area (TPSA) is 61.5 Å². The molecule has 0 fully saturated rings. The molecule has 1 heterocycles. The van der Waals surface area contributed by atoms with Gasteiger partial charge in [-0.1, -0.05) is 12.1 Å². The summed E-state index contributed by atoms with van der Waals surface area (Å²) in [5, 5.41) is 0. The third-order valence-corrected chi connectivity index (χ3v) is 4.54. The molecule has 5 heteroatoms. The van der Waals surface area contributed by atoms with Crippen molar-refractivity contribution >= 4 is 17.3 Å². The molecule has 0 saturated heterocycles. The predicted molar refractivity (Wildman–Crippen MR) is 88.5 cm³/mol. The van der Waals surface area contributed by atoms with Crippen molar-refractivity contribution in [2.75, 3.05) is 13.7 Å². The van der Waals surface area contributed by atoms with Gasteiger partial charge >= 0.3 is 5.97 Å². The molecule has 2 atom stereocenters. The molecule has 0 unspecified atom stereocenters. The molecule has 2 N–H and O–H groups in total. The van der Waals surface area contributed by atoms with Gasteiger partial charge in [0, 0.05) is 15.7 Å². The molecule has 22 heavy (non-hydrogen) atoms. The summed E-state index contributed by atoms with van der Waals surface area (Å²) in [6, 6.07) is 11.0. The number of carbonyl (C=O) groups excluding carboxylic acids is 1. The Morgan fingerprint density at radius 1 is 1.23 bits per heavy atom. The van der Waals surface area contributed by atoms with Gasteiger partial charge in [0.2, 0.25) is 0 Å². The number of thiophene rings is 1. The lowest BCUT2D eigenvalue weighted by atomic mass is 9.90. The van der Waals surface area contributed by atoms with Crippen LogP contribution in [0.1, 0.15) is 28.2 Å². The summed E-state index contributed by atoms with van der Waals surface area (Å²) in [6.07, 6.45) is 0. The fraction of sp³-hybridized carbons (Fsp3) is 0.353. The van der Waals surface area contributed by atoms with Crippen LogP contribution in [0.15, 0.2) is 36.4 Å². The molecule has 0 radical (unpaired) electrons. The number of methoxy groups -OCH3 is 1. The maximum atomic E-state index is 12.1. The Balaban J connectivity index is 2.38. The highest BCUT2D eigenvalue weighted by molar-refractivity contribution is 7.12. The third-order valence-electron chi connectivity index (χ3n) is 3.46. The first-order valence-electron chi connectivity index (χ1n) is 7.19. The second kappa shape index (κ2) is 7.42. The summed E-state index contributed by atoms with van der Waals surface area (Å²) in [4.78, 5) is 14.3. The number of esters is 1. The molecule has 0 saturated carbocycles. The van der Waals surface area contributed by atoms with Crippen LogP contribution in [0.3, 0.4) is 0 Å². The van der Waals surface area contributed by atoms with Crippen molar-refractivity contribution in [3.8, 4) is 5.75 Å². The Kier molecular flexibility index (Phi) is 5.57. The summed E-state index contributed by atoms with van der Waals surface area (Å²) in [5.41, 5.74) is 7.17. The highest BCUT2D eigenvalue weighted by Gasteiger charge is 2.29. The van der Waals surface area contributed by atoms with Gasteiger partial charge in [-0.2, -0.15) is 0 Å². The van der Waals surface area contributed by atoms with Crippen molar-refractivity contribution in [3.05, 3.63) is 51.7 Å². The van der Waals surface area contributed by atoms with Crippen molar-refractivity contribution < 1.29 is 14.3 Å². The maximum Gasteiger partial charge on any atom is 0.323 e. The lowest BCUT2D eigenvalue weighted by Crippen LogP contribution is -2.38. The highest BCUT2D eigenvalue weighted by Crippen LogP contribution is 2.33. The third kappa shape index (κ3) is 3.67. The zero-order chi connectivity index (χ0) is 16.1. The molecule has 0 aliphatic rings. The molecular formula is C17H21NO3S. The number of aryl methyl sites for hydroxylation is 1. The van der Waals surface area contributed by atoms with E-state index in [-0.39, 0.29) is 11.9 Å². The van der Waals surface area contributed by atoms with Gasteiger partial charge in [-0.25, -0.2) is 0 Å². The van der Waals surface area contributed by atoms with Crippen LogP contribution in [0.25, 0.3) is 0 Å². The van der Waals surface area contributed by atoms with Crippen LogP contribution in [0.2, 0.25) is 0 Å². The van der Waals surface area contributed by atoms with E-state index in [9.17, 15) is 4.79 Å². The lowest BCUT2D eigenvalue weighted by molar-refractivity contribution is -0.145. The first-order valence-corrected chi connectivity index (χ1v) is 8.01. The molecule has 0 aliphatic heterocycles. The molecule has 0 bridgehead atoms. The molecule has 0 spiro atoms. The number of hydrogen-bond donors (Lipinski definition) is 1. The Labute approximate surface area is 134 Å². The largest absolute Gasteiger partial charge is 0.497 e. The smallest absolute Gasteiger partial charge is 0.323 e. The number of benzene rings is 1. The van der Waals surface area contributed by atoms with Gasteiger partial charge in [-0.15, -0.1) is 11.3 Å². The first kappa shape index (κ1) is 16.5. The number of carbonyl (C=O) groups is 1. The van der Waals surface area contributed by atoms with Crippen LogP contribution >= 0.6 is 11.3 Å². The molecule has 1 aromatic heterocycles. The normalized spacial score (nSPS) is 13.5. The van der Waals surface area contributed by atoms with Crippen molar-refractivity contribution in [2.45, 2.75) is 25.8 Å². The van der Waals surface area contributed by atoms with Crippen LogP contribution in [0.4, 0.5) is 0 Å². The minimum atomic E-state index is -0.730. The van der Waals surface area contributed by atoms with E-state index in [4.69, 9.17) is 15.2 Å². The maximum absolute atomic E-state index is 12.1. The van der Waals surface area contributed by atoms with E-state index in [1.54, 1.807) is 25.4 Å². The van der Waals surface area contributed by atoms with Gasteiger partial charge < -0.3 is 15.2 Å². The lowest BCUT2D eigenvalue weighted by Gasteiger charge is -2.22. The van der Waals surface area contributed by atoms with Crippen LogP contribution in [-0.4, -0.2) is 25.7 Å². The summed E-state index contributed by atoms with van der Waals surface area (Å²) < 4.78 is 10.3. The second-order valence-corrected chi connectivity index (χ2v) is 6.30. The zero-order valence-electron chi connectivity index (χ0n) is 13.0. The predicted octanol–water partition coefficient (Wildman–Crippen LogP) is 3.09. The van der Waals surface area contributed by atoms with E-state index in [2.05, 4.69) is 0 Å². The summed E-state index contributed by atoms with van der Waals surface area (Å²) in [5.74, 6) is 0.174. The quantitative estimate of drug-likeness (QED) is 0.831. The van der Waals surface area contributed by atoms with E-state index in [0.717, 1.165) is 16.2 Å². The average Bonchev–Trinajstić information content (AvgIpc) is 2.94. The molecule has 0 aliphatic carbocycles. The minimum absolute atomic E-state index is 0.219. The van der Waals surface area contributed by atoms with E-state index >= 15 is 0 Å². The Morgan fingerprint density at radius 2 is 1.91 bits per heavy atom. The molecule has 0 amide bonds. The van der Waals surface area contributed by atoms with Gasteiger partial charge in [0.15, 0.2) is 0 Å². The molecule has 2 rings (SSSR count). The molecular weight excluding hydrogens is 298 g/mol. The Bertz CT molecular complexity index is 621. The van der Waals surface area contributed by atoms with Crippen LogP contribution in [0, 0.1) is 6.92 Å². The minimum Gasteiger partial charge on any atom is -0.497 e. The summed E-state index contributed by atoms with van der Waals surface area (Å²) >= 11 is 1.65. The Hall–Kier alpha value is -1.85. The first-order chi connectivity index (χ1) is 10.6. The highest BCUT2D eigenvalue weighted by atomic mass is 32.1. The molecule has 1 aromatic carbocycles. The summed E-state index contributed by atoms with van der Waals surface area (Å²) in [6.45, 7) is 4.14. The zero-order valence-corrected chi connectivity index (χ0v) is 13.9. The van der Waals surface area contributed by atoms with Crippen molar-refractivity contribution in [3.63, 3.8) is 0 Å². The van der Waals surface area contributed by atoms with Crippen molar-refractivity contribution in [1.82, 2.24) is 0 Å². The van der Waals surface area contributed by atoms with Gasteiger partial charge in [-0.3, -0.25) is 4.79 Å². The Morgan fingerprint density at radius 3 is 2.41 bits per heavy atom. The van der Waals surface area contributed by atoms with E-state index in [0.29, 0.717) is 6.61 Å². The van der Waals surface area contributed by atoms with Crippen molar-refractivity contribution in [2.24, 2.45) is 5.73 Å². The van der Waals surface area contributed by atoms with Gasteiger partial charge in [0.1, 0.15) is 11.8 Å². The van der Waals surface area contributed by atoms with Gasteiger partial charge in [0.25, 0.3) is 0 Å². The van der Waals surface area contributed by atoms with Gasteiger partial charge in [0.05, 0.1) is 13.7 Å². The number of ether oxygens (including phenoxy) is 2. The fourth-order valence-corrected chi connectivity index (χ4v) is 3.41. The fourth-order valence-electron chi connectivity index (χ4n) is 2.35. The number of rotatable bonds is 6. The van der Waals surface area contributed by atoms with Crippen LogP contribution in [-0.2, 0) is 9.53 Å². The standard InChI is InChI=1S/C17H21NO3S/c1-4-21-17(19)16(18)15(14-10-5-11(2)22-14)12-6-8-13(20-3)9-7-12/h5-10,15-16H,4,18H2,1-3H3/t15-,16+/m1/s1. The number of nitrogens with two attached hydrogens (primary N) is 1. The monoisotopic (exact) mass is 319 g/mol.